The van der Waals surface area contributed by atoms with Gasteiger partial charge in [-0.3, -0.25) is 9.20 Å². The van der Waals surface area contributed by atoms with Crippen molar-refractivity contribution in [2.45, 2.75) is 6.42 Å². The molecule has 124 valence electrons. The summed E-state index contributed by atoms with van der Waals surface area (Å²) in [7, 11) is 1.91. The van der Waals surface area contributed by atoms with Crippen molar-refractivity contribution in [2.24, 2.45) is 0 Å². The minimum Gasteiger partial charge on any atom is -0.478 e. The van der Waals surface area contributed by atoms with Crippen LogP contribution in [0.5, 0.6) is 5.88 Å². The van der Waals surface area contributed by atoms with Crippen molar-refractivity contribution in [1.29, 1.82) is 0 Å². The molecule has 3 aromatic rings. The van der Waals surface area contributed by atoms with E-state index in [2.05, 4.69) is 15.3 Å². The van der Waals surface area contributed by atoms with Crippen LogP contribution in [0.15, 0.2) is 47.7 Å². The lowest BCUT2D eigenvalue weighted by atomic mass is 10.1. The van der Waals surface area contributed by atoms with Gasteiger partial charge in [-0.2, -0.15) is 0 Å². The fourth-order valence-corrected chi connectivity index (χ4v) is 2.43. The first-order valence-electron chi connectivity index (χ1n) is 7.60. The highest BCUT2D eigenvalue weighted by molar-refractivity contribution is 6.30. The van der Waals surface area contributed by atoms with Gasteiger partial charge >= 0.3 is 0 Å². The van der Waals surface area contributed by atoms with Gasteiger partial charge in [0, 0.05) is 29.6 Å². The summed E-state index contributed by atoms with van der Waals surface area (Å²) in [6.45, 7) is 1.52. The first-order chi connectivity index (χ1) is 11.7. The van der Waals surface area contributed by atoms with Crippen LogP contribution in [0.1, 0.15) is 6.42 Å². The van der Waals surface area contributed by atoms with Crippen LogP contribution in [0.3, 0.4) is 0 Å². The van der Waals surface area contributed by atoms with E-state index >= 15 is 0 Å². The van der Waals surface area contributed by atoms with E-state index in [0.29, 0.717) is 18.1 Å². The van der Waals surface area contributed by atoms with Crippen LogP contribution >= 0.6 is 11.6 Å². The number of halogens is 1. The van der Waals surface area contributed by atoms with Gasteiger partial charge in [-0.15, -0.1) is 0 Å². The molecule has 0 spiro atoms. The Morgan fingerprint density at radius 1 is 1.17 bits per heavy atom. The Morgan fingerprint density at radius 3 is 2.75 bits per heavy atom. The number of aromatic nitrogens is 3. The van der Waals surface area contributed by atoms with Crippen LogP contribution in [0, 0.1) is 0 Å². The number of nitrogens with zero attached hydrogens (tertiary/aromatic N) is 3. The standard InChI is InChI=1S/C17H17ClN4O2/c1-19-7-2-8-24-16-6-4-12(9-21-16)13-3-5-15-20-10-14(18)17(23)22(15)11-13/h3-6,9-11,19H,2,7-8H2,1H3. The lowest BCUT2D eigenvalue weighted by molar-refractivity contribution is 0.298. The van der Waals surface area contributed by atoms with Gasteiger partial charge in [-0.05, 0) is 38.2 Å². The molecule has 1 N–H and O–H groups in total. The van der Waals surface area contributed by atoms with E-state index in [1.54, 1.807) is 18.5 Å². The van der Waals surface area contributed by atoms with Crippen molar-refractivity contribution in [2.75, 3.05) is 20.2 Å². The number of hydrogen-bond donors (Lipinski definition) is 1. The van der Waals surface area contributed by atoms with Crippen LogP contribution in [0.2, 0.25) is 5.02 Å². The van der Waals surface area contributed by atoms with Gasteiger partial charge in [0.25, 0.3) is 5.56 Å². The average Bonchev–Trinajstić information content (AvgIpc) is 2.62. The molecule has 7 heteroatoms. The normalized spacial score (nSPS) is 10.9. The summed E-state index contributed by atoms with van der Waals surface area (Å²) in [6, 6.07) is 7.39. The second kappa shape index (κ2) is 7.42. The van der Waals surface area contributed by atoms with Crippen LogP contribution in [0.25, 0.3) is 16.8 Å². The summed E-state index contributed by atoms with van der Waals surface area (Å²) in [5, 5.41) is 3.16. The molecule has 0 unspecified atom stereocenters. The second-order valence-corrected chi connectivity index (χ2v) is 5.66. The second-order valence-electron chi connectivity index (χ2n) is 5.25. The molecule has 0 aromatic carbocycles. The molecule has 0 saturated heterocycles. The largest absolute Gasteiger partial charge is 0.478 e. The van der Waals surface area contributed by atoms with Gasteiger partial charge < -0.3 is 10.1 Å². The van der Waals surface area contributed by atoms with Crippen molar-refractivity contribution in [3.05, 3.63) is 58.2 Å². The highest BCUT2D eigenvalue weighted by Crippen LogP contribution is 2.20. The van der Waals surface area contributed by atoms with Crippen molar-refractivity contribution in [3.63, 3.8) is 0 Å². The highest BCUT2D eigenvalue weighted by Gasteiger charge is 2.05. The zero-order valence-electron chi connectivity index (χ0n) is 13.2. The van der Waals surface area contributed by atoms with E-state index in [1.807, 2.05) is 25.2 Å². The van der Waals surface area contributed by atoms with Gasteiger partial charge in [0.1, 0.15) is 10.7 Å². The zero-order valence-corrected chi connectivity index (χ0v) is 14.0. The van der Waals surface area contributed by atoms with Crippen LogP contribution in [0.4, 0.5) is 0 Å². The summed E-state index contributed by atoms with van der Waals surface area (Å²) in [5.41, 5.74) is 1.99. The minimum atomic E-state index is -0.291. The Morgan fingerprint density at radius 2 is 2.00 bits per heavy atom. The molecular formula is C17H17ClN4O2. The predicted molar refractivity (Wildman–Crippen MR) is 93.7 cm³/mol. The summed E-state index contributed by atoms with van der Waals surface area (Å²) in [6.07, 6.45) is 5.71. The molecule has 6 nitrogen and oxygen atoms in total. The summed E-state index contributed by atoms with van der Waals surface area (Å²) >= 11 is 5.85. The van der Waals surface area contributed by atoms with Crippen molar-refractivity contribution in [1.82, 2.24) is 19.7 Å². The van der Waals surface area contributed by atoms with Gasteiger partial charge in [0.15, 0.2) is 0 Å². The molecule has 0 bridgehead atoms. The Labute approximate surface area is 144 Å². The van der Waals surface area contributed by atoms with E-state index < -0.39 is 0 Å². The third-order valence-electron chi connectivity index (χ3n) is 3.55. The van der Waals surface area contributed by atoms with Gasteiger partial charge in [0.05, 0.1) is 12.8 Å². The predicted octanol–water partition coefficient (Wildman–Crippen LogP) is 2.40. The number of rotatable bonds is 6. The first-order valence-corrected chi connectivity index (χ1v) is 7.97. The van der Waals surface area contributed by atoms with E-state index in [-0.39, 0.29) is 10.6 Å². The van der Waals surface area contributed by atoms with E-state index in [0.717, 1.165) is 24.1 Å². The molecule has 3 heterocycles. The first kappa shape index (κ1) is 16.4. The maximum atomic E-state index is 12.1. The molecule has 0 aliphatic rings. The smallest absolute Gasteiger partial charge is 0.276 e. The fourth-order valence-electron chi connectivity index (χ4n) is 2.29. The van der Waals surface area contributed by atoms with E-state index in [1.165, 1.54) is 10.6 Å². The Balaban J connectivity index is 1.82. The summed E-state index contributed by atoms with van der Waals surface area (Å²) in [4.78, 5) is 20.5. The van der Waals surface area contributed by atoms with Gasteiger partial charge in [-0.25, -0.2) is 9.97 Å². The third kappa shape index (κ3) is 3.55. The van der Waals surface area contributed by atoms with Gasteiger partial charge in [0.2, 0.25) is 5.88 Å². The molecule has 0 fully saturated rings. The number of ether oxygens (including phenoxy) is 1. The maximum absolute atomic E-state index is 12.1. The minimum absolute atomic E-state index is 0.0908. The molecule has 0 saturated carbocycles. The van der Waals surface area contributed by atoms with Crippen LogP contribution in [-0.4, -0.2) is 34.6 Å². The molecule has 24 heavy (non-hydrogen) atoms. The van der Waals surface area contributed by atoms with Crippen molar-refractivity contribution in [3.8, 4) is 17.0 Å². The quantitative estimate of drug-likeness (QED) is 0.695. The molecule has 0 aliphatic heterocycles. The molecular weight excluding hydrogens is 328 g/mol. The Hall–Kier alpha value is -2.44. The molecule has 0 amide bonds. The summed E-state index contributed by atoms with van der Waals surface area (Å²) < 4.78 is 7.00. The summed E-state index contributed by atoms with van der Waals surface area (Å²) in [5.74, 6) is 0.581. The third-order valence-corrected chi connectivity index (χ3v) is 3.81. The lowest BCUT2D eigenvalue weighted by Crippen LogP contribution is -2.14. The van der Waals surface area contributed by atoms with Crippen molar-refractivity contribution < 1.29 is 4.74 Å². The number of fused-ring (bicyclic) bond motifs is 1. The molecule has 0 atom stereocenters. The molecule has 3 aromatic heterocycles. The number of nitrogens with one attached hydrogen (secondary N) is 1. The monoisotopic (exact) mass is 344 g/mol. The van der Waals surface area contributed by atoms with Crippen LogP contribution < -0.4 is 15.6 Å². The lowest BCUT2D eigenvalue weighted by Gasteiger charge is -2.07. The Kier molecular flexibility index (Phi) is 5.08. The van der Waals surface area contributed by atoms with Gasteiger partial charge in [-0.1, -0.05) is 11.6 Å². The van der Waals surface area contributed by atoms with Crippen LogP contribution in [-0.2, 0) is 0 Å². The number of hydrogen-bond acceptors (Lipinski definition) is 5. The topological polar surface area (TPSA) is 68.5 Å². The molecule has 0 radical (unpaired) electrons. The SMILES string of the molecule is CNCCCOc1ccc(-c2ccc3ncc(Cl)c(=O)n3c2)cn1. The van der Waals surface area contributed by atoms with E-state index in [4.69, 9.17) is 16.3 Å². The fraction of sp³-hybridized carbons (Fsp3) is 0.235. The average molecular weight is 345 g/mol. The number of pyridine rings is 2. The highest BCUT2D eigenvalue weighted by atomic mass is 35.5. The molecule has 0 aliphatic carbocycles. The zero-order chi connectivity index (χ0) is 16.9. The van der Waals surface area contributed by atoms with Crippen molar-refractivity contribution >= 4 is 17.2 Å². The Bertz CT molecular complexity index is 893. The molecule has 3 rings (SSSR count). The van der Waals surface area contributed by atoms with E-state index in [9.17, 15) is 4.79 Å². The maximum Gasteiger partial charge on any atom is 0.276 e.